The van der Waals surface area contributed by atoms with E-state index >= 15 is 0 Å². The number of fused-ring (bicyclic) bond motifs is 2. The number of hydrogen-bond acceptors (Lipinski definition) is 6. The van der Waals surface area contributed by atoms with Crippen LogP contribution in [0.2, 0.25) is 0 Å². The van der Waals surface area contributed by atoms with Crippen LogP contribution in [0.1, 0.15) is 25.0 Å². The number of aromatic nitrogens is 5. The number of halogens is 4. The van der Waals surface area contributed by atoms with Crippen LogP contribution in [0.3, 0.4) is 0 Å². The zero-order chi connectivity index (χ0) is 25.0. The highest BCUT2D eigenvalue weighted by atomic mass is 19.4. The highest BCUT2D eigenvalue weighted by Crippen LogP contribution is 2.43. The molecule has 4 aromatic rings. The summed E-state index contributed by atoms with van der Waals surface area (Å²) in [4.78, 5) is 25.4. The third-order valence-electron chi connectivity index (χ3n) is 5.67. The van der Waals surface area contributed by atoms with Gasteiger partial charge in [0.1, 0.15) is 17.3 Å². The molecule has 0 unspecified atom stereocenters. The summed E-state index contributed by atoms with van der Waals surface area (Å²) in [6.07, 6.45) is -3.08. The molecule has 1 aliphatic rings. The van der Waals surface area contributed by atoms with Crippen molar-refractivity contribution in [2.75, 3.05) is 11.9 Å². The Labute approximate surface area is 196 Å². The number of carbonyl (C=O) groups is 1. The number of alkyl halides is 3. The van der Waals surface area contributed by atoms with Crippen molar-refractivity contribution in [2.24, 2.45) is 0 Å². The van der Waals surface area contributed by atoms with E-state index in [0.717, 1.165) is 0 Å². The van der Waals surface area contributed by atoms with E-state index in [1.54, 1.807) is 44.2 Å². The van der Waals surface area contributed by atoms with Gasteiger partial charge in [-0.05, 0) is 32.0 Å². The standard InChI is InChI=1S/C23H18F4N6O2/c1-22(2)15-17(31-21(22)34)29-18(30-20(15)35-11-23(25,26)27)16-13-7-5-9-28-19(13)33(32-16)10-12-6-3-4-8-14(12)24/h3-9H,10-11H2,1-2H3,(H,29,30,31,34). The molecule has 1 aromatic carbocycles. The van der Waals surface area contributed by atoms with Crippen molar-refractivity contribution in [1.82, 2.24) is 24.7 Å². The average Bonchev–Trinajstić information content (AvgIpc) is 3.27. The first-order valence-electron chi connectivity index (χ1n) is 10.5. The molecule has 4 heterocycles. The van der Waals surface area contributed by atoms with Crippen molar-refractivity contribution < 1.29 is 27.1 Å². The quantitative estimate of drug-likeness (QED) is 0.424. The Balaban J connectivity index is 1.66. The topological polar surface area (TPSA) is 94.8 Å². The van der Waals surface area contributed by atoms with Crippen molar-refractivity contribution in [3.63, 3.8) is 0 Å². The Morgan fingerprint density at radius 2 is 1.89 bits per heavy atom. The summed E-state index contributed by atoms with van der Waals surface area (Å²) < 4.78 is 59.5. The van der Waals surface area contributed by atoms with Gasteiger partial charge in [0, 0.05) is 11.8 Å². The largest absolute Gasteiger partial charge is 0.468 e. The second kappa shape index (κ2) is 8.00. The van der Waals surface area contributed by atoms with Gasteiger partial charge in [0.2, 0.25) is 11.8 Å². The molecule has 8 nitrogen and oxygen atoms in total. The van der Waals surface area contributed by atoms with Gasteiger partial charge in [-0.2, -0.15) is 23.3 Å². The maximum atomic E-state index is 14.3. The first-order chi connectivity index (χ1) is 16.5. The summed E-state index contributed by atoms with van der Waals surface area (Å²) in [6.45, 7) is 1.54. The summed E-state index contributed by atoms with van der Waals surface area (Å²) in [7, 11) is 0. The van der Waals surface area contributed by atoms with Gasteiger partial charge in [0.25, 0.3) is 0 Å². The maximum absolute atomic E-state index is 14.3. The van der Waals surface area contributed by atoms with E-state index in [2.05, 4.69) is 25.4 Å². The predicted molar refractivity (Wildman–Crippen MR) is 117 cm³/mol. The third kappa shape index (κ3) is 4.04. The lowest BCUT2D eigenvalue weighted by Gasteiger charge is -2.18. The van der Waals surface area contributed by atoms with Crippen LogP contribution >= 0.6 is 0 Å². The van der Waals surface area contributed by atoms with E-state index in [4.69, 9.17) is 4.74 Å². The Bertz CT molecular complexity index is 1460. The minimum absolute atomic E-state index is 0.0443. The van der Waals surface area contributed by atoms with Crippen LogP contribution in [0, 0.1) is 5.82 Å². The maximum Gasteiger partial charge on any atom is 0.422 e. The predicted octanol–water partition coefficient (Wildman–Crippen LogP) is 4.25. The van der Waals surface area contributed by atoms with Crippen molar-refractivity contribution in [3.8, 4) is 17.4 Å². The van der Waals surface area contributed by atoms with Gasteiger partial charge < -0.3 is 10.1 Å². The van der Waals surface area contributed by atoms with E-state index < -0.39 is 29.9 Å². The van der Waals surface area contributed by atoms with E-state index in [9.17, 15) is 22.4 Å². The lowest BCUT2D eigenvalue weighted by Crippen LogP contribution is -2.28. The second-order valence-electron chi connectivity index (χ2n) is 8.53. The molecule has 180 valence electrons. The van der Waals surface area contributed by atoms with E-state index in [1.807, 2.05) is 0 Å². The molecule has 12 heteroatoms. The van der Waals surface area contributed by atoms with Crippen molar-refractivity contribution in [2.45, 2.75) is 32.0 Å². The lowest BCUT2D eigenvalue weighted by molar-refractivity contribution is -0.154. The molecule has 35 heavy (non-hydrogen) atoms. The Morgan fingerprint density at radius 1 is 1.11 bits per heavy atom. The van der Waals surface area contributed by atoms with Gasteiger partial charge in [-0.15, -0.1) is 0 Å². The molecule has 0 fully saturated rings. The number of amides is 1. The van der Waals surface area contributed by atoms with Crippen LogP contribution < -0.4 is 10.1 Å². The number of carbonyl (C=O) groups excluding carboxylic acids is 1. The van der Waals surface area contributed by atoms with E-state index in [1.165, 1.54) is 16.9 Å². The Kier molecular flexibility index (Phi) is 5.18. The molecule has 0 radical (unpaired) electrons. The molecule has 0 saturated carbocycles. The molecule has 3 aromatic heterocycles. The van der Waals surface area contributed by atoms with Crippen molar-refractivity contribution in [3.05, 3.63) is 59.5 Å². The summed E-state index contributed by atoms with van der Waals surface area (Å²) in [5.74, 6) is -1.26. The number of nitrogens with one attached hydrogen (secondary N) is 1. The number of nitrogens with zero attached hydrogens (tertiary/aromatic N) is 5. The van der Waals surface area contributed by atoms with Crippen LogP contribution in [-0.4, -0.2) is 43.4 Å². The normalized spacial score (nSPS) is 14.7. The fraction of sp³-hybridized carbons (Fsp3) is 0.261. The minimum atomic E-state index is -4.61. The van der Waals surface area contributed by atoms with Crippen molar-refractivity contribution >= 4 is 22.8 Å². The molecule has 1 N–H and O–H groups in total. The number of rotatable bonds is 5. The summed E-state index contributed by atoms with van der Waals surface area (Å²) in [5, 5.41) is 7.58. The smallest absolute Gasteiger partial charge is 0.422 e. The third-order valence-corrected chi connectivity index (χ3v) is 5.67. The van der Waals surface area contributed by atoms with Crippen LogP contribution in [0.15, 0.2) is 42.6 Å². The molecule has 0 bridgehead atoms. The van der Waals surface area contributed by atoms with Crippen LogP contribution in [-0.2, 0) is 16.8 Å². The molecular formula is C23H18F4N6O2. The van der Waals surface area contributed by atoms with Gasteiger partial charge in [0.05, 0.1) is 22.9 Å². The van der Waals surface area contributed by atoms with Gasteiger partial charge in [-0.1, -0.05) is 18.2 Å². The lowest BCUT2D eigenvalue weighted by atomic mass is 9.87. The van der Waals surface area contributed by atoms with Gasteiger partial charge >= 0.3 is 6.18 Å². The van der Waals surface area contributed by atoms with Gasteiger partial charge in [0.15, 0.2) is 18.1 Å². The molecule has 0 saturated heterocycles. The molecule has 0 aliphatic carbocycles. The number of hydrogen-bond donors (Lipinski definition) is 1. The van der Waals surface area contributed by atoms with E-state index in [-0.39, 0.29) is 35.3 Å². The zero-order valence-corrected chi connectivity index (χ0v) is 18.5. The summed E-state index contributed by atoms with van der Waals surface area (Å²) in [5.41, 5.74) is -0.112. The SMILES string of the molecule is CC1(C)C(=O)Nc2nc(-c3nn(Cc4ccccc4F)c4ncccc34)nc(OCC(F)(F)F)c21. The number of ether oxygens (including phenoxy) is 1. The Hall–Kier alpha value is -4.09. The summed E-state index contributed by atoms with van der Waals surface area (Å²) in [6, 6.07) is 9.54. The summed E-state index contributed by atoms with van der Waals surface area (Å²) >= 11 is 0. The molecule has 1 aliphatic heterocycles. The van der Waals surface area contributed by atoms with Crippen LogP contribution in [0.25, 0.3) is 22.6 Å². The first kappa shape index (κ1) is 22.7. The number of anilines is 1. The van der Waals surface area contributed by atoms with Crippen LogP contribution in [0.5, 0.6) is 5.88 Å². The van der Waals surface area contributed by atoms with Crippen LogP contribution in [0.4, 0.5) is 23.4 Å². The molecule has 1 amide bonds. The highest BCUT2D eigenvalue weighted by molar-refractivity contribution is 6.05. The fourth-order valence-electron chi connectivity index (χ4n) is 3.90. The fourth-order valence-corrected chi connectivity index (χ4v) is 3.90. The van der Waals surface area contributed by atoms with Crippen molar-refractivity contribution in [1.29, 1.82) is 0 Å². The zero-order valence-electron chi connectivity index (χ0n) is 18.5. The monoisotopic (exact) mass is 486 g/mol. The number of pyridine rings is 1. The van der Waals surface area contributed by atoms with Gasteiger partial charge in [-0.3, -0.25) is 4.79 Å². The Morgan fingerprint density at radius 3 is 2.63 bits per heavy atom. The molecule has 0 spiro atoms. The van der Waals surface area contributed by atoms with Gasteiger partial charge in [-0.25, -0.2) is 19.0 Å². The minimum Gasteiger partial charge on any atom is -0.468 e. The average molecular weight is 486 g/mol. The van der Waals surface area contributed by atoms with E-state index in [0.29, 0.717) is 16.6 Å². The molecular weight excluding hydrogens is 468 g/mol. The first-order valence-corrected chi connectivity index (χ1v) is 10.5. The molecule has 0 atom stereocenters. The highest BCUT2D eigenvalue weighted by Gasteiger charge is 2.44. The molecule has 5 rings (SSSR count). The number of benzene rings is 1. The second-order valence-corrected chi connectivity index (χ2v) is 8.53.